The second-order valence-corrected chi connectivity index (χ2v) is 13.5. The number of nitrogens with zero attached hydrogens (tertiary/aromatic N) is 8. The number of halogens is 5. The van der Waals surface area contributed by atoms with Crippen LogP contribution in [-0.2, 0) is 18.9 Å². The molecule has 0 N–H and O–H groups in total. The van der Waals surface area contributed by atoms with Crippen LogP contribution in [0.25, 0.3) is 5.70 Å². The van der Waals surface area contributed by atoms with E-state index in [2.05, 4.69) is 108 Å². The van der Waals surface area contributed by atoms with E-state index in [4.69, 9.17) is 20.6 Å². The summed E-state index contributed by atoms with van der Waals surface area (Å²) in [5.74, 6) is 3.53. The number of amidine groups is 3. The van der Waals surface area contributed by atoms with E-state index >= 15 is 0 Å². The fourth-order valence-electron chi connectivity index (χ4n) is 5.66. The summed E-state index contributed by atoms with van der Waals surface area (Å²) in [5, 5.41) is 0. The molecule has 56 heavy (non-hydrogen) atoms. The van der Waals surface area contributed by atoms with Gasteiger partial charge in [0.15, 0.2) is 0 Å². The van der Waals surface area contributed by atoms with Gasteiger partial charge in [0.2, 0.25) is 0 Å². The molecule has 0 radical (unpaired) electrons. The molecule has 2 aromatic heterocycles. The number of hydrogen-bond acceptors (Lipinski definition) is 12. The molecule has 0 aliphatic carbocycles. The standard InChI is InChI=1S/C14H17N3O.C8H10Br2N2O.C8H12N2O.C5H4BNO.C2H6.CH3F.Br2/c1-11-10-13(17-6-8-18-9-7-17)16-14(11)12-2-4-15-5-3-12;9-6-5-7(11-8(6)10)12-1-3-13-4-2-12;1-2-8(9-3-1)10-4-6-11-7-5-10;8-6-5-1-3-7-4-2-5;3*1-2/h2-5H,6-10H2,1H3;1-5H2;1,3H,2,4-7H2;1-4H;1-2H3;1H3;/i;;;;;1D;. The molecule has 306 valence electrons. The zero-order valence-electron chi connectivity index (χ0n) is 33.3. The summed E-state index contributed by atoms with van der Waals surface area (Å²) in [6, 6.07) is 7.36. The summed E-state index contributed by atoms with van der Waals surface area (Å²) < 4.78 is 43.4. The minimum atomic E-state index is -1.00. The zero-order valence-corrected chi connectivity index (χ0v) is 38.6. The van der Waals surface area contributed by atoms with E-state index < -0.39 is 7.15 Å². The molecule has 0 unspecified atom stereocenters. The normalized spacial score (nSPS) is 18.5. The van der Waals surface area contributed by atoms with Gasteiger partial charge in [-0.1, -0.05) is 35.9 Å². The topological polar surface area (TPSA) is 117 Å². The van der Waals surface area contributed by atoms with Crippen LogP contribution in [0.3, 0.4) is 0 Å². The Kier molecular flexibility index (Phi) is 26.2. The van der Waals surface area contributed by atoms with E-state index in [1.54, 1.807) is 24.5 Å². The predicted octanol–water partition coefficient (Wildman–Crippen LogP) is 7.72. The van der Waals surface area contributed by atoms with Gasteiger partial charge in [-0.15, -0.1) is 0 Å². The molecule has 6 aliphatic rings. The third-order valence-electron chi connectivity index (χ3n) is 8.39. The Morgan fingerprint density at radius 1 is 0.732 bits per heavy atom. The fourth-order valence-corrected chi connectivity index (χ4v) is 6.35. The van der Waals surface area contributed by atoms with Crippen molar-refractivity contribution in [2.75, 3.05) is 86.1 Å². The van der Waals surface area contributed by atoms with E-state index in [9.17, 15) is 9.10 Å². The van der Waals surface area contributed by atoms with Crippen molar-refractivity contribution in [2.45, 2.75) is 40.0 Å². The Bertz CT molecular complexity index is 1630. The Labute approximate surface area is 365 Å². The zero-order chi connectivity index (χ0) is 41.7. The number of rotatable bonds is 2. The van der Waals surface area contributed by atoms with Gasteiger partial charge < -0.3 is 28.9 Å². The number of pyridine rings is 2. The molecule has 8 rings (SSSR count). The first-order valence-corrected chi connectivity index (χ1v) is 23.6. The minimum absolute atomic E-state index is 0.667. The van der Waals surface area contributed by atoms with Crippen LogP contribution in [0, 0.1) is 0 Å². The van der Waals surface area contributed by atoms with Crippen molar-refractivity contribution in [3.63, 3.8) is 0 Å². The van der Waals surface area contributed by atoms with Gasteiger partial charge in [0.25, 0.3) is 0 Å². The second-order valence-electron chi connectivity index (χ2n) is 11.8. The smallest absolute Gasteiger partial charge is 0.0785 e. The van der Waals surface area contributed by atoms with Crippen molar-refractivity contribution in [3.05, 3.63) is 81.6 Å². The maximum atomic E-state index is 9.98. The number of ether oxygens (including phenoxy) is 3. The monoisotopic (exact) mass is 1030 g/mol. The van der Waals surface area contributed by atoms with E-state index in [0.29, 0.717) is 5.46 Å². The largest absolute Gasteiger partial charge is 0.255 e. The van der Waals surface area contributed by atoms with E-state index in [1.807, 2.05) is 44.6 Å². The van der Waals surface area contributed by atoms with E-state index in [1.165, 1.54) is 17.2 Å². The molecular formula is C38H52BBr4FN8O4. The van der Waals surface area contributed by atoms with Crippen LogP contribution in [0.1, 0.15) is 47.0 Å². The summed E-state index contributed by atoms with van der Waals surface area (Å²) in [7, 11) is -0.207. The predicted molar refractivity (Wildman–Crippen MR) is 241 cm³/mol. The van der Waals surface area contributed by atoms with Crippen LogP contribution in [0.5, 0.6) is 0 Å². The molecule has 12 nitrogen and oxygen atoms in total. The van der Waals surface area contributed by atoms with Crippen molar-refractivity contribution in [1.29, 1.82) is 0 Å². The van der Waals surface area contributed by atoms with Gasteiger partial charge in [0.1, 0.15) is 22.1 Å². The molecule has 0 amide bonds. The van der Waals surface area contributed by atoms with Crippen molar-refractivity contribution in [3.8, 4) is 0 Å². The Morgan fingerprint density at radius 2 is 1.18 bits per heavy atom. The summed E-state index contributed by atoms with van der Waals surface area (Å²) in [4.78, 5) is 28.2. The average molecular weight is 1040 g/mol. The first-order valence-electron chi connectivity index (χ1n) is 19.0. The number of hydrogen-bond donors (Lipinski definition) is 0. The average Bonchev–Trinajstić information content (AvgIpc) is 4.06. The number of aromatic nitrogens is 2. The third kappa shape index (κ3) is 17.6. The van der Waals surface area contributed by atoms with Gasteiger partial charge in [-0.25, -0.2) is 15.0 Å². The van der Waals surface area contributed by atoms with Gasteiger partial charge in [-0.05, 0) is 40.6 Å². The first kappa shape index (κ1) is 47.9. The molecular weight excluding hydrogens is 982 g/mol. The fraction of sp³-hybridized carbons (Fsp3) is 0.500. The van der Waals surface area contributed by atoms with Gasteiger partial charge in [0, 0.05) is 115 Å². The third-order valence-corrected chi connectivity index (χ3v) is 10.2. The summed E-state index contributed by atoms with van der Waals surface area (Å²) in [6.07, 6.45) is 13.6. The molecule has 6 aliphatic heterocycles. The van der Waals surface area contributed by atoms with Gasteiger partial charge in [-0.2, -0.15) is 0 Å². The molecule has 3 saturated heterocycles. The van der Waals surface area contributed by atoms with Crippen LogP contribution in [-0.4, -0.2) is 135 Å². The van der Waals surface area contributed by atoms with Gasteiger partial charge in [-0.3, -0.25) is 9.37 Å². The van der Waals surface area contributed by atoms with Crippen molar-refractivity contribution >= 4 is 95.9 Å². The molecule has 0 aromatic carbocycles. The molecule has 0 spiro atoms. The molecule has 18 heteroatoms. The Morgan fingerprint density at radius 3 is 1.57 bits per heavy atom. The number of aliphatic imine (C=N–C) groups is 3. The van der Waals surface area contributed by atoms with Crippen LogP contribution in [0.15, 0.2) is 91.0 Å². The summed E-state index contributed by atoms with van der Waals surface area (Å²) in [6.45, 7) is 16.9. The maximum absolute atomic E-state index is 9.98. The maximum Gasteiger partial charge on any atom is 0.0785 e. The van der Waals surface area contributed by atoms with Gasteiger partial charge in [0.05, 0.1) is 53.9 Å². The Balaban J connectivity index is 0.000000257. The minimum Gasteiger partial charge on any atom is -0.255 e. The number of alkyl halides is 1. The number of morpholine rings is 3. The first-order chi connectivity index (χ1) is 27.9. The SMILES string of the molecule is BrBr.BrC1=C(Br)N=C(N2CCOCC2)C1.C1=CN=C(N2CCOCC2)C1.CC.CC1=C(c2ccncc2)N=C(N2CCOCC2)C1.O=Bc1ccncc1.[2H]CF. The molecule has 8 heterocycles. The van der Waals surface area contributed by atoms with E-state index in [0.717, 1.165) is 132 Å². The molecule has 3 fully saturated rings. The quantitative estimate of drug-likeness (QED) is 0.220. The van der Waals surface area contributed by atoms with Crippen molar-refractivity contribution < 1.29 is 24.7 Å². The molecule has 2 aromatic rings. The molecule has 0 bridgehead atoms. The van der Waals surface area contributed by atoms with Crippen LogP contribution >= 0.6 is 60.1 Å². The van der Waals surface area contributed by atoms with Crippen LogP contribution in [0.2, 0.25) is 0 Å². The van der Waals surface area contributed by atoms with Crippen LogP contribution in [0.4, 0.5) is 4.39 Å². The van der Waals surface area contributed by atoms with Gasteiger partial charge >= 0.3 is 46.8 Å². The molecule has 0 atom stereocenters. The van der Waals surface area contributed by atoms with Crippen molar-refractivity contribution in [1.82, 2.24) is 24.7 Å². The van der Waals surface area contributed by atoms with Crippen molar-refractivity contribution in [2.24, 2.45) is 15.0 Å². The molecule has 0 saturated carbocycles. The summed E-state index contributed by atoms with van der Waals surface area (Å²) in [5.41, 5.74) is 4.27. The Hall–Kier alpha value is -2.48. The summed E-state index contributed by atoms with van der Waals surface area (Å²) >= 11 is 12.4. The van der Waals surface area contributed by atoms with Crippen LogP contribution < -0.4 is 5.46 Å². The second kappa shape index (κ2) is 30.6. The van der Waals surface area contributed by atoms with E-state index in [-0.39, 0.29) is 0 Å².